The van der Waals surface area contributed by atoms with Gasteiger partial charge in [-0.15, -0.1) is 0 Å². The summed E-state index contributed by atoms with van der Waals surface area (Å²) < 4.78 is 5.31. The van der Waals surface area contributed by atoms with Crippen molar-refractivity contribution < 1.29 is 4.74 Å². The van der Waals surface area contributed by atoms with Crippen LogP contribution in [0.2, 0.25) is 0 Å². The lowest BCUT2D eigenvalue weighted by Gasteiger charge is -2.20. The van der Waals surface area contributed by atoms with Crippen LogP contribution in [-0.4, -0.2) is 33.1 Å². The van der Waals surface area contributed by atoms with Crippen LogP contribution in [0.4, 0.5) is 0 Å². The number of nitrogens with zero attached hydrogens (tertiary/aromatic N) is 5. The molecule has 0 radical (unpaired) electrons. The molecule has 1 aliphatic heterocycles. The van der Waals surface area contributed by atoms with Crippen LogP contribution in [-0.2, 0) is 4.74 Å². The number of hydrogen-bond acceptors (Lipinski definition) is 6. The van der Waals surface area contributed by atoms with E-state index in [-0.39, 0.29) is 5.82 Å². The summed E-state index contributed by atoms with van der Waals surface area (Å²) in [5.74, 6) is 1.61. The zero-order chi connectivity index (χ0) is 18.9. The minimum atomic E-state index is 0.190. The quantitative estimate of drug-likeness (QED) is 0.838. The molecular formula is C20H23N5O. The van der Waals surface area contributed by atoms with Crippen LogP contribution in [0.3, 0.4) is 0 Å². The van der Waals surface area contributed by atoms with E-state index in [0.717, 1.165) is 54.2 Å². The number of hydrogen-bond donors (Lipinski definition) is 0. The fourth-order valence-electron chi connectivity index (χ4n) is 2.33. The molecule has 1 aliphatic rings. The second-order valence-corrected chi connectivity index (χ2v) is 6.18. The topological polar surface area (TPSA) is 84.6 Å². The maximum absolute atomic E-state index is 8.37. The third-order valence-electron chi connectivity index (χ3n) is 4.00. The van der Waals surface area contributed by atoms with Crippen molar-refractivity contribution in [3.05, 3.63) is 60.7 Å². The zero-order valence-electron chi connectivity index (χ0n) is 15.3. The Morgan fingerprint density at radius 1 is 0.962 bits per heavy atom. The first-order valence-corrected chi connectivity index (χ1v) is 8.45. The Kier molecular flexibility index (Phi) is 7.12. The van der Waals surface area contributed by atoms with Gasteiger partial charge in [0, 0.05) is 55.0 Å². The minimum Gasteiger partial charge on any atom is -0.381 e. The smallest absolute Gasteiger partial charge is 0.232 e. The van der Waals surface area contributed by atoms with Crippen LogP contribution in [0.25, 0.3) is 11.1 Å². The first kappa shape index (κ1) is 19.4. The average Bonchev–Trinajstić information content (AvgIpc) is 2.69. The number of allylic oxidation sites excluding steroid dienone is 2. The van der Waals surface area contributed by atoms with E-state index in [0.29, 0.717) is 5.92 Å². The summed E-state index contributed by atoms with van der Waals surface area (Å²) in [7, 11) is 0. The number of nitriles is 1. The molecule has 3 heterocycles. The molecule has 0 unspecified atom stereocenters. The Morgan fingerprint density at radius 2 is 1.42 bits per heavy atom. The standard InChI is InChI=1S/C12H16N2O.C8H7N3/c1-9(2)11-7-13-12(14-8-11)10-3-5-15-6-4-10;1-6(2)7-4-10-8(3-9)11-5-7/h7-8,10H,1,3-6H2,2H3;4-5H,1H2,2H3. The maximum atomic E-state index is 8.37. The molecule has 0 aromatic carbocycles. The van der Waals surface area contributed by atoms with Crippen LogP contribution in [0.15, 0.2) is 37.9 Å². The van der Waals surface area contributed by atoms with Crippen molar-refractivity contribution in [2.24, 2.45) is 0 Å². The van der Waals surface area contributed by atoms with E-state index in [1.165, 1.54) is 0 Å². The number of aromatic nitrogens is 4. The van der Waals surface area contributed by atoms with Crippen LogP contribution < -0.4 is 0 Å². The predicted octanol–water partition coefficient (Wildman–Crippen LogP) is 3.79. The van der Waals surface area contributed by atoms with E-state index < -0.39 is 0 Å². The summed E-state index contributed by atoms with van der Waals surface area (Å²) >= 11 is 0. The molecule has 6 nitrogen and oxygen atoms in total. The Bertz CT molecular complexity index is 784. The SMILES string of the molecule is C=C(C)c1cnc(C#N)nc1.C=C(C)c1cnc(C2CCOCC2)nc1. The van der Waals surface area contributed by atoms with Gasteiger partial charge in [0.1, 0.15) is 11.9 Å². The lowest BCUT2D eigenvalue weighted by molar-refractivity contribution is 0.0836. The maximum Gasteiger partial charge on any atom is 0.232 e. The summed E-state index contributed by atoms with van der Waals surface area (Å²) in [6.07, 6.45) is 8.97. The van der Waals surface area contributed by atoms with Crippen molar-refractivity contribution in [3.8, 4) is 6.07 Å². The summed E-state index contributed by atoms with van der Waals surface area (Å²) in [5.41, 5.74) is 3.79. The Morgan fingerprint density at radius 3 is 1.85 bits per heavy atom. The zero-order valence-corrected chi connectivity index (χ0v) is 15.3. The van der Waals surface area contributed by atoms with E-state index in [4.69, 9.17) is 10.00 Å². The van der Waals surface area contributed by atoms with E-state index in [2.05, 4.69) is 33.1 Å². The minimum absolute atomic E-state index is 0.190. The van der Waals surface area contributed by atoms with Crippen LogP contribution in [0, 0.1) is 11.3 Å². The van der Waals surface area contributed by atoms with Gasteiger partial charge in [0.15, 0.2) is 0 Å². The molecule has 3 rings (SSSR count). The van der Waals surface area contributed by atoms with Gasteiger partial charge in [-0.1, -0.05) is 13.2 Å². The van der Waals surface area contributed by atoms with E-state index in [1.54, 1.807) is 12.4 Å². The van der Waals surface area contributed by atoms with Gasteiger partial charge in [0.25, 0.3) is 0 Å². The van der Waals surface area contributed by atoms with Gasteiger partial charge in [-0.05, 0) is 37.8 Å². The van der Waals surface area contributed by atoms with Crippen molar-refractivity contribution in [3.63, 3.8) is 0 Å². The second-order valence-electron chi connectivity index (χ2n) is 6.18. The van der Waals surface area contributed by atoms with Gasteiger partial charge in [-0.2, -0.15) is 5.26 Å². The third-order valence-corrected chi connectivity index (χ3v) is 4.00. The monoisotopic (exact) mass is 349 g/mol. The number of ether oxygens (including phenoxy) is 1. The molecule has 0 spiro atoms. The molecule has 6 heteroatoms. The molecule has 134 valence electrons. The van der Waals surface area contributed by atoms with Gasteiger partial charge in [-0.25, -0.2) is 19.9 Å². The summed E-state index contributed by atoms with van der Waals surface area (Å²) in [6.45, 7) is 13.1. The molecule has 0 aliphatic carbocycles. The van der Waals surface area contributed by atoms with Crippen LogP contribution in [0.1, 0.15) is 55.4 Å². The fourth-order valence-corrected chi connectivity index (χ4v) is 2.33. The second kappa shape index (κ2) is 9.54. The molecule has 0 atom stereocenters. The van der Waals surface area contributed by atoms with Gasteiger partial charge in [-0.3, -0.25) is 0 Å². The highest BCUT2D eigenvalue weighted by molar-refractivity contribution is 5.59. The first-order chi connectivity index (χ1) is 12.5. The van der Waals surface area contributed by atoms with Crippen molar-refractivity contribution in [1.82, 2.24) is 19.9 Å². The summed E-state index contributed by atoms with van der Waals surface area (Å²) in [6, 6.07) is 1.84. The molecule has 2 aromatic heterocycles. The van der Waals surface area contributed by atoms with Gasteiger partial charge in [0.05, 0.1) is 0 Å². The van der Waals surface area contributed by atoms with Crippen molar-refractivity contribution >= 4 is 11.1 Å². The summed E-state index contributed by atoms with van der Waals surface area (Å²) in [5, 5.41) is 8.37. The van der Waals surface area contributed by atoms with Gasteiger partial charge >= 0.3 is 0 Å². The lowest BCUT2D eigenvalue weighted by Crippen LogP contribution is -2.16. The highest BCUT2D eigenvalue weighted by Gasteiger charge is 2.18. The lowest BCUT2D eigenvalue weighted by atomic mass is 9.99. The van der Waals surface area contributed by atoms with Crippen molar-refractivity contribution in [2.75, 3.05) is 13.2 Å². The van der Waals surface area contributed by atoms with E-state index in [9.17, 15) is 0 Å². The molecule has 1 fully saturated rings. The van der Waals surface area contributed by atoms with E-state index in [1.807, 2.05) is 32.3 Å². The largest absolute Gasteiger partial charge is 0.381 e. The van der Waals surface area contributed by atoms with Crippen LogP contribution >= 0.6 is 0 Å². The normalized spacial score (nSPS) is 13.9. The molecule has 2 aromatic rings. The highest BCUT2D eigenvalue weighted by Crippen LogP contribution is 2.24. The Balaban J connectivity index is 0.000000197. The molecule has 0 saturated carbocycles. The molecule has 0 N–H and O–H groups in total. The fraction of sp³-hybridized carbons (Fsp3) is 0.350. The Labute approximate surface area is 154 Å². The molecule has 1 saturated heterocycles. The van der Waals surface area contributed by atoms with Gasteiger partial charge in [0.2, 0.25) is 5.82 Å². The third kappa shape index (κ3) is 5.57. The van der Waals surface area contributed by atoms with E-state index >= 15 is 0 Å². The summed E-state index contributed by atoms with van der Waals surface area (Å²) in [4.78, 5) is 16.4. The average molecular weight is 349 g/mol. The predicted molar refractivity (Wildman–Crippen MR) is 101 cm³/mol. The van der Waals surface area contributed by atoms with Crippen LogP contribution in [0.5, 0.6) is 0 Å². The van der Waals surface area contributed by atoms with Crippen molar-refractivity contribution in [2.45, 2.75) is 32.6 Å². The Hall–Kier alpha value is -2.91. The molecular weight excluding hydrogens is 326 g/mol. The van der Waals surface area contributed by atoms with Gasteiger partial charge < -0.3 is 4.74 Å². The highest BCUT2D eigenvalue weighted by atomic mass is 16.5. The molecule has 26 heavy (non-hydrogen) atoms. The molecule has 0 bridgehead atoms. The number of rotatable bonds is 3. The first-order valence-electron chi connectivity index (χ1n) is 8.45. The van der Waals surface area contributed by atoms with Crippen molar-refractivity contribution in [1.29, 1.82) is 5.26 Å². The molecule has 0 amide bonds.